The molecule has 3 aromatic carbocycles. The summed E-state index contributed by atoms with van der Waals surface area (Å²) in [5.74, 6) is -0.189. The van der Waals surface area contributed by atoms with Gasteiger partial charge in [-0.1, -0.05) is 53.3 Å². The monoisotopic (exact) mass is 705 g/mol. The van der Waals surface area contributed by atoms with E-state index in [9.17, 15) is 14.7 Å². The number of fused-ring (bicyclic) bond motifs is 1. The maximum atomic E-state index is 13.8. The summed E-state index contributed by atoms with van der Waals surface area (Å²) in [7, 11) is 0. The van der Waals surface area contributed by atoms with Crippen molar-refractivity contribution in [1.82, 2.24) is 4.57 Å². The van der Waals surface area contributed by atoms with Gasteiger partial charge in [0, 0.05) is 10.7 Å². The maximum Gasteiger partial charge on any atom is 0.271 e. The van der Waals surface area contributed by atoms with Crippen molar-refractivity contribution >= 4 is 79.1 Å². The molecule has 1 amide bonds. The first-order valence-electron chi connectivity index (χ1n) is 11.1. The summed E-state index contributed by atoms with van der Waals surface area (Å²) in [6, 6.07) is 19.1. The fourth-order valence-corrected chi connectivity index (χ4v) is 6.78. The Labute approximate surface area is 242 Å². The van der Waals surface area contributed by atoms with Gasteiger partial charge in [-0.25, -0.2) is 4.99 Å². The summed E-state index contributed by atoms with van der Waals surface area (Å²) in [4.78, 5) is 32.5. The molecule has 10 heteroatoms. The van der Waals surface area contributed by atoms with Crippen LogP contribution in [0.1, 0.15) is 24.1 Å². The lowest BCUT2D eigenvalue weighted by atomic mass is 9.95. The molecule has 0 unspecified atom stereocenters. The Bertz CT molecular complexity index is 1730. The number of phenolic OH excluding ortho intramolecular Hbond substituents is 1. The van der Waals surface area contributed by atoms with Crippen LogP contribution in [0.3, 0.4) is 0 Å². The van der Waals surface area contributed by atoms with Gasteiger partial charge in [0.05, 0.1) is 29.9 Å². The fourth-order valence-electron chi connectivity index (χ4n) is 4.11. The number of anilines is 1. The predicted molar refractivity (Wildman–Crippen MR) is 159 cm³/mol. The number of benzene rings is 3. The van der Waals surface area contributed by atoms with Crippen LogP contribution in [0.25, 0.3) is 6.08 Å². The zero-order valence-corrected chi connectivity index (χ0v) is 24.5. The van der Waals surface area contributed by atoms with Gasteiger partial charge in [-0.15, -0.1) is 0 Å². The Morgan fingerprint density at radius 3 is 2.57 bits per heavy atom. The molecule has 0 fully saturated rings. The minimum absolute atomic E-state index is 0.145. The molecule has 0 aliphatic carbocycles. The van der Waals surface area contributed by atoms with Gasteiger partial charge >= 0.3 is 0 Å². The lowest BCUT2D eigenvalue weighted by molar-refractivity contribution is -0.113. The number of halogens is 3. The Morgan fingerprint density at radius 2 is 1.89 bits per heavy atom. The summed E-state index contributed by atoms with van der Waals surface area (Å²) in [5.41, 5.74) is 2.79. The number of aromatic nitrogens is 1. The minimum atomic E-state index is -0.689. The number of hydrogen-bond acceptors (Lipinski definition) is 5. The van der Waals surface area contributed by atoms with Crippen molar-refractivity contribution < 1.29 is 9.90 Å². The van der Waals surface area contributed by atoms with E-state index in [0.29, 0.717) is 39.4 Å². The van der Waals surface area contributed by atoms with E-state index in [2.05, 4.69) is 26.2 Å². The van der Waals surface area contributed by atoms with Crippen LogP contribution >= 0.6 is 61.5 Å². The first-order valence-corrected chi connectivity index (χ1v) is 14.1. The standard InChI is InChI=1S/C27H18BrClIN3O3S/c1-14-22(25(35)32-18-5-3-2-4-6-18)23(16-7-9-17(29)10-8-16)33-26(36)21(37-27(33)31-14)13-15-11-19(28)24(34)20(30)12-15/h2-13,23,34H,1H3,(H,32,35)/b21-13-/t23-/m0/s1. The third kappa shape index (κ3) is 5.18. The largest absolute Gasteiger partial charge is 0.506 e. The molecule has 37 heavy (non-hydrogen) atoms. The molecule has 4 aromatic rings. The quantitative estimate of drug-likeness (QED) is 0.271. The molecule has 0 spiro atoms. The molecule has 1 aliphatic heterocycles. The summed E-state index contributed by atoms with van der Waals surface area (Å²) in [6.45, 7) is 1.78. The van der Waals surface area contributed by atoms with Gasteiger partial charge in [-0.2, -0.15) is 0 Å². The number of para-hydroxylation sites is 1. The lowest BCUT2D eigenvalue weighted by Crippen LogP contribution is -2.40. The van der Waals surface area contributed by atoms with Crippen molar-refractivity contribution in [1.29, 1.82) is 0 Å². The van der Waals surface area contributed by atoms with Crippen LogP contribution in [0.2, 0.25) is 5.02 Å². The van der Waals surface area contributed by atoms with Gasteiger partial charge in [-0.3, -0.25) is 14.2 Å². The molecule has 2 heterocycles. The highest BCUT2D eigenvalue weighted by Gasteiger charge is 2.32. The Morgan fingerprint density at radius 1 is 1.19 bits per heavy atom. The van der Waals surface area contributed by atoms with Gasteiger partial charge in [0.25, 0.3) is 11.5 Å². The topological polar surface area (TPSA) is 83.7 Å². The van der Waals surface area contributed by atoms with Gasteiger partial charge in [0.2, 0.25) is 0 Å². The highest BCUT2D eigenvalue weighted by Crippen LogP contribution is 2.32. The SMILES string of the molecule is CC1=C(C(=O)Nc2ccccc2)[C@H](c2ccc(Cl)cc2)n2c(s/c(=C\c3cc(Br)c(O)c(I)c3)c2=O)=N1. The second-order valence-electron chi connectivity index (χ2n) is 8.29. The summed E-state index contributed by atoms with van der Waals surface area (Å²) in [5, 5.41) is 13.6. The second-order valence-corrected chi connectivity index (χ2v) is 11.7. The van der Waals surface area contributed by atoms with E-state index in [-0.39, 0.29) is 17.2 Å². The molecule has 5 rings (SSSR count). The number of nitrogens with one attached hydrogen (secondary N) is 1. The van der Waals surface area contributed by atoms with Crippen molar-refractivity contribution in [2.24, 2.45) is 4.99 Å². The predicted octanol–water partition coefficient (Wildman–Crippen LogP) is 5.60. The van der Waals surface area contributed by atoms with E-state index in [1.807, 2.05) is 52.9 Å². The summed E-state index contributed by atoms with van der Waals surface area (Å²) < 4.78 is 3.21. The van der Waals surface area contributed by atoms with Crippen LogP contribution in [0.15, 0.2) is 92.3 Å². The number of phenols is 1. The number of carbonyl (C=O) groups excluding carboxylic acids is 1. The molecular weight excluding hydrogens is 689 g/mol. The second kappa shape index (κ2) is 10.6. The Balaban J connectivity index is 1.68. The van der Waals surface area contributed by atoms with Crippen LogP contribution in [0, 0.1) is 3.57 Å². The fraction of sp³-hybridized carbons (Fsp3) is 0.0741. The zero-order valence-electron chi connectivity index (χ0n) is 19.2. The summed E-state index contributed by atoms with van der Waals surface area (Å²) in [6.07, 6.45) is 1.76. The van der Waals surface area contributed by atoms with E-state index in [4.69, 9.17) is 11.6 Å². The molecule has 0 radical (unpaired) electrons. The number of hydrogen-bond donors (Lipinski definition) is 2. The molecule has 0 saturated carbocycles. The van der Waals surface area contributed by atoms with Crippen LogP contribution in [-0.4, -0.2) is 15.6 Å². The molecule has 0 bridgehead atoms. The molecule has 1 aromatic heterocycles. The van der Waals surface area contributed by atoms with Crippen molar-refractivity contribution in [3.05, 3.63) is 122 Å². The van der Waals surface area contributed by atoms with Gasteiger partial charge in [0.1, 0.15) is 5.75 Å². The van der Waals surface area contributed by atoms with Crippen molar-refractivity contribution in [2.45, 2.75) is 13.0 Å². The van der Waals surface area contributed by atoms with Crippen LogP contribution < -0.4 is 20.2 Å². The van der Waals surface area contributed by atoms with Crippen molar-refractivity contribution in [3.8, 4) is 5.75 Å². The smallest absolute Gasteiger partial charge is 0.271 e. The average Bonchev–Trinajstić information content (AvgIpc) is 3.17. The molecular formula is C27H18BrClIN3O3S. The van der Waals surface area contributed by atoms with E-state index in [1.54, 1.807) is 54.0 Å². The normalized spacial score (nSPS) is 15.4. The average molecular weight is 707 g/mol. The van der Waals surface area contributed by atoms with Crippen molar-refractivity contribution in [2.75, 3.05) is 5.32 Å². The third-order valence-electron chi connectivity index (χ3n) is 5.82. The number of thiazole rings is 1. The first kappa shape index (κ1) is 25.9. The number of amides is 1. The number of nitrogens with zero attached hydrogens (tertiary/aromatic N) is 2. The number of aromatic hydroxyl groups is 1. The molecule has 1 aliphatic rings. The van der Waals surface area contributed by atoms with E-state index in [1.165, 1.54) is 11.3 Å². The molecule has 0 saturated heterocycles. The highest BCUT2D eigenvalue weighted by molar-refractivity contribution is 14.1. The minimum Gasteiger partial charge on any atom is -0.506 e. The van der Waals surface area contributed by atoms with E-state index < -0.39 is 6.04 Å². The lowest BCUT2D eigenvalue weighted by Gasteiger charge is -2.25. The zero-order chi connectivity index (χ0) is 26.3. The van der Waals surface area contributed by atoms with E-state index >= 15 is 0 Å². The third-order valence-corrected chi connectivity index (χ3v) is 8.48. The van der Waals surface area contributed by atoms with Gasteiger partial charge < -0.3 is 10.4 Å². The number of rotatable bonds is 4. The summed E-state index contributed by atoms with van der Waals surface area (Å²) >= 11 is 12.8. The van der Waals surface area contributed by atoms with E-state index in [0.717, 1.165) is 11.1 Å². The maximum absolute atomic E-state index is 13.8. The van der Waals surface area contributed by atoms with Gasteiger partial charge in [-0.05, 0) is 99.0 Å². The number of allylic oxidation sites excluding steroid dienone is 1. The van der Waals surface area contributed by atoms with Crippen LogP contribution in [0.5, 0.6) is 5.75 Å². The molecule has 6 nitrogen and oxygen atoms in total. The molecule has 2 N–H and O–H groups in total. The number of carbonyl (C=O) groups is 1. The van der Waals surface area contributed by atoms with Crippen LogP contribution in [0.4, 0.5) is 5.69 Å². The molecule has 186 valence electrons. The Kier molecular flexibility index (Phi) is 7.39. The first-order chi connectivity index (χ1) is 17.7. The van der Waals surface area contributed by atoms with Gasteiger partial charge in [0.15, 0.2) is 4.80 Å². The molecule has 1 atom stereocenters. The van der Waals surface area contributed by atoms with Crippen molar-refractivity contribution in [3.63, 3.8) is 0 Å². The van der Waals surface area contributed by atoms with Crippen LogP contribution in [-0.2, 0) is 4.79 Å². The Hall–Kier alpha value is -2.73. The highest BCUT2D eigenvalue weighted by atomic mass is 127.